The molecule has 0 aliphatic rings. The molecule has 0 unspecified atom stereocenters. The zero-order valence-electron chi connectivity index (χ0n) is 19.3. The molecule has 0 saturated carbocycles. The Hall–Kier alpha value is -2.90. The van der Waals surface area contributed by atoms with E-state index in [0.29, 0.717) is 29.3 Å². The minimum atomic E-state index is -0.979. The van der Waals surface area contributed by atoms with Gasteiger partial charge in [0.25, 0.3) is 0 Å². The number of rotatable bonds is 9. The Bertz CT molecular complexity index is 1500. The van der Waals surface area contributed by atoms with Crippen LogP contribution in [0.25, 0.3) is 11.0 Å². The number of nitrogens with zero attached hydrogens (tertiary/aromatic N) is 1. The number of hydrazone groups is 1. The Kier molecular flexibility index (Phi) is 8.87. The Balaban J connectivity index is 1.46. The highest BCUT2D eigenvalue weighted by Crippen LogP contribution is 2.35. The van der Waals surface area contributed by atoms with E-state index >= 15 is 0 Å². The van der Waals surface area contributed by atoms with Crippen molar-refractivity contribution in [3.05, 3.63) is 89.6 Å². The number of fused-ring (bicyclic) bond motifs is 1. The fourth-order valence-corrected chi connectivity index (χ4v) is 5.49. The first-order chi connectivity index (χ1) is 17.7. The summed E-state index contributed by atoms with van der Waals surface area (Å²) < 4.78 is 19.8. The van der Waals surface area contributed by atoms with Crippen LogP contribution in [0.4, 0.5) is 0 Å². The fourth-order valence-electron chi connectivity index (χ4n) is 3.37. The second kappa shape index (κ2) is 12.1. The molecule has 3 aromatic carbocycles. The lowest BCUT2D eigenvalue weighted by Gasteiger charge is -2.15. The number of benzene rings is 3. The van der Waals surface area contributed by atoms with Gasteiger partial charge in [-0.3, -0.25) is 4.79 Å². The normalized spacial score (nSPS) is 11.1. The number of amides is 1. The van der Waals surface area contributed by atoms with Gasteiger partial charge in [-0.15, -0.1) is 0 Å². The highest BCUT2D eigenvalue weighted by Gasteiger charge is 2.15. The van der Waals surface area contributed by atoms with Crippen molar-refractivity contribution in [1.29, 1.82) is 0 Å². The number of halogens is 3. The highest BCUT2D eigenvalue weighted by atomic mass is 127. The molecule has 1 heterocycles. The summed E-state index contributed by atoms with van der Waals surface area (Å²) >= 11 is 8.99. The van der Waals surface area contributed by atoms with Crippen molar-refractivity contribution in [1.82, 2.24) is 5.43 Å². The Morgan fingerprint density at radius 1 is 1.11 bits per heavy atom. The lowest BCUT2D eigenvalue weighted by molar-refractivity contribution is 0.0696. The summed E-state index contributed by atoms with van der Waals surface area (Å²) in [7, 11) is 0. The summed E-state index contributed by atoms with van der Waals surface area (Å²) in [4.78, 5) is 23.6. The van der Waals surface area contributed by atoms with Gasteiger partial charge in [0, 0.05) is 9.86 Å². The molecule has 2 N–H and O–H groups in total. The Morgan fingerprint density at radius 2 is 1.86 bits per heavy atom. The number of hydrogen-bond acceptors (Lipinski definition) is 6. The van der Waals surface area contributed by atoms with Gasteiger partial charge in [-0.25, -0.2) is 10.2 Å². The zero-order chi connectivity index (χ0) is 26.5. The van der Waals surface area contributed by atoms with Gasteiger partial charge in [-0.05, 0) is 99.0 Å². The van der Waals surface area contributed by atoms with Crippen molar-refractivity contribution in [2.45, 2.75) is 13.5 Å². The summed E-state index contributed by atoms with van der Waals surface area (Å²) in [6.07, 6.45) is 1.51. The predicted octanol–water partition coefficient (Wildman–Crippen LogP) is 7.00. The molecule has 0 radical (unpaired) electrons. The van der Waals surface area contributed by atoms with Crippen LogP contribution in [-0.2, 0) is 6.61 Å². The number of carbonyl (C=O) groups excluding carboxylic acids is 1. The Morgan fingerprint density at radius 3 is 2.57 bits per heavy atom. The summed E-state index contributed by atoms with van der Waals surface area (Å²) in [5.41, 5.74) is 4.78. The van der Waals surface area contributed by atoms with Crippen LogP contribution in [0, 0.1) is 3.57 Å². The first-order valence-corrected chi connectivity index (χ1v) is 13.5. The molecule has 0 atom stereocenters. The van der Waals surface area contributed by atoms with Gasteiger partial charge in [0.2, 0.25) is 0 Å². The number of furan rings is 1. The minimum absolute atomic E-state index is 0.135. The van der Waals surface area contributed by atoms with E-state index in [1.54, 1.807) is 24.3 Å². The van der Waals surface area contributed by atoms with E-state index in [1.165, 1.54) is 18.3 Å². The molecular formula is C26H19Br2IN2O6. The third-order valence-corrected chi connectivity index (χ3v) is 6.90. The molecule has 0 bridgehead atoms. The summed E-state index contributed by atoms with van der Waals surface area (Å²) in [6, 6.07) is 15.4. The smallest absolute Gasteiger partial charge is 0.335 e. The monoisotopic (exact) mass is 740 g/mol. The second-order valence-corrected chi connectivity index (χ2v) is 10.6. The van der Waals surface area contributed by atoms with Crippen molar-refractivity contribution in [2.75, 3.05) is 6.61 Å². The molecule has 1 amide bonds. The average Bonchev–Trinajstić information content (AvgIpc) is 3.28. The van der Waals surface area contributed by atoms with E-state index in [0.717, 1.165) is 23.5 Å². The molecule has 1 aromatic heterocycles. The molecule has 0 aliphatic heterocycles. The van der Waals surface area contributed by atoms with Crippen LogP contribution in [0.3, 0.4) is 0 Å². The number of nitrogens with one attached hydrogen (secondary N) is 1. The van der Waals surface area contributed by atoms with Gasteiger partial charge < -0.3 is 19.0 Å². The van der Waals surface area contributed by atoms with Gasteiger partial charge >= 0.3 is 11.9 Å². The largest absolute Gasteiger partial charge is 0.490 e. The molecule has 0 spiro atoms. The van der Waals surface area contributed by atoms with E-state index in [1.807, 2.05) is 25.1 Å². The maximum Gasteiger partial charge on any atom is 0.335 e. The summed E-state index contributed by atoms with van der Waals surface area (Å²) in [6.45, 7) is 2.53. The SMILES string of the molecule is CCOc1cc(/C=N\NC(=O)c2cc3cc(Br)cc(Br)c3o2)cc(I)c1OCc1ccc(C(=O)O)cc1. The van der Waals surface area contributed by atoms with Crippen LogP contribution in [0.5, 0.6) is 11.5 Å². The number of carboxylic acid groups (broad SMARTS) is 1. The van der Waals surface area contributed by atoms with Gasteiger partial charge in [0.1, 0.15) is 12.2 Å². The number of carbonyl (C=O) groups is 2. The zero-order valence-corrected chi connectivity index (χ0v) is 24.6. The first-order valence-electron chi connectivity index (χ1n) is 10.9. The highest BCUT2D eigenvalue weighted by molar-refractivity contribution is 14.1. The van der Waals surface area contributed by atoms with Gasteiger partial charge in [-0.1, -0.05) is 28.1 Å². The molecule has 4 rings (SSSR count). The topological polar surface area (TPSA) is 110 Å². The van der Waals surface area contributed by atoms with E-state index in [2.05, 4.69) is 65.0 Å². The molecule has 0 aliphatic carbocycles. The summed E-state index contributed by atoms with van der Waals surface area (Å²) in [5, 5.41) is 13.9. The van der Waals surface area contributed by atoms with Crippen molar-refractivity contribution in [3.63, 3.8) is 0 Å². The second-order valence-electron chi connectivity index (χ2n) is 7.67. The third-order valence-electron chi connectivity index (χ3n) is 5.05. The molecule has 4 aromatic rings. The number of carboxylic acids is 1. The van der Waals surface area contributed by atoms with Crippen molar-refractivity contribution in [2.24, 2.45) is 5.10 Å². The van der Waals surface area contributed by atoms with E-state index < -0.39 is 11.9 Å². The van der Waals surface area contributed by atoms with Crippen molar-refractivity contribution in [3.8, 4) is 11.5 Å². The molecule has 8 nitrogen and oxygen atoms in total. The number of aromatic carboxylic acids is 1. The standard InChI is InChI=1S/C26H19Br2IN2O6/c1-2-35-21-8-15(7-20(29)24(21)36-13-14-3-5-16(6-4-14)26(33)34)12-30-31-25(32)22-10-17-9-18(27)11-19(28)23(17)37-22/h3-12H,2,13H2,1H3,(H,31,32)(H,33,34)/b30-12-. The number of hydrogen-bond donors (Lipinski definition) is 2. The molecule has 37 heavy (non-hydrogen) atoms. The fraction of sp³-hybridized carbons (Fsp3) is 0.115. The van der Waals surface area contributed by atoms with Crippen molar-refractivity contribution < 1.29 is 28.6 Å². The van der Waals surface area contributed by atoms with Crippen molar-refractivity contribution >= 4 is 83.5 Å². The van der Waals surface area contributed by atoms with Crippen LogP contribution in [-0.4, -0.2) is 29.8 Å². The lowest BCUT2D eigenvalue weighted by atomic mass is 10.1. The van der Waals surface area contributed by atoms with Gasteiger partial charge in [0.05, 0.1) is 26.4 Å². The Labute approximate surface area is 242 Å². The van der Waals surface area contributed by atoms with Crippen LogP contribution < -0.4 is 14.9 Å². The molecular weight excluding hydrogens is 723 g/mol. The summed E-state index contributed by atoms with van der Waals surface area (Å²) in [5.74, 6) is -0.241. The van der Waals surface area contributed by atoms with Crippen LogP contribution in [0.2, 0.25) is 0 Å². The molecule has 190 valence electrons. The van der Waals surface area contributed by atoms with Crippen LogP contribution in [0.1, 0.15) is 39.0 Å². The lowest BCUT2D eigenvalue weighted by Crippen LogP contribution is -2.16. The van der Waals surface area contributed by atoms with Gasteiger partial charge in [-0.2, -0.15) is 5.10 Å². The van der Waals surface area contributed by atoms with E-state index in [4.69, 9.17) is 19.0 Å². The maximum absolute atomic E-state index is 12.5. The number of ether oxygens (including phenoxy) is 2. The minimum Gasteiger partial charge on any atom is -0.490 e. The van der Waals surface area contributed by atoms with E-state index in [9.17, 15) is 9.59 Å². The first kappa shape index (κ1) is 27.1. The van der Waals surface area contributed by atoms with E-state index in [-0.39, 0.29) is 17.9 Å². The molecule has 0 fully saturated rings. The predicted molar refractivity (Wildman–Crippen MR) is 155 cm³/mol. The van der Waals surface area contributed by atoms with Crippen LogP contribution >= 0.6 is 54.5 Å². The molecule has 11 heteroatoms. The van der Waals surface area contributed by atoms with Gasteiger partial charge in [0.15, 0.2) is 17.3 Å². The van der Waals surface area contributed by atoms with Crippen LogP contribution in [0.15, 0.2) is 73.1 Å². The molecule has 0 saturated heterocycles. The maximum atomic E-state index is 12.5. The third kappa shape index (κ3) is 6.70. The quantitative estimate of drug-likeness (QED) is 0.109. The average molecular weight is 742 g/mol.